The topological polar surface area (TPSA) is 92.4 Å². The van der Waals surface area contributed by atoms with Gasteiger partial charge in [0.05, 0.1) is 12.5 Å². The van der Waals surface area contributed by atoms with E-state index in [-0.39, 0.29) is 18.2 Å². The minimum Gasteiger partial charge on any atom is -0.392 e. The lowest BCUT2D eigenvalue weighted by Gasteiger charge is -2.33. The molecule has 2 rings (SSSR count). The third kappa shape index (κ3) is 4.08. The molecule has 1 amide bonds. The van der Waals surface area contributed by atoms with E-state index in [4.69, 9.17) is 0 Å². The number of aliphatic hydroxyl groups excluding tert-OH is 1. The van der Waals surface area contributed by atoms with Gasteiger partial charge in [-0.15, -0.1) is 5.10 Å². The predicted octanol–water partition coefficient (Wildman–Crippen LogP) is 1.44. The van der Waals surface area contributed by atoms with Crippen LogP contribution in [0.25, 0.3) is 5.78 Å². The molecule has 0 bridgehead atoms. The van der Waals surface area contributed by atoms with Gasteiger partial charge >= 0.3 is 0 Å². The molecule has 0 aliphatic rings. The maximum Gasteiger partial charge on any atom is 0.252 e. The van der Waals surface area contributed by atoms with E-state index in [0.717, 1.165) is 11.4 Å². The minimum atomic E-state index is -0.485. The number of aromatic nitrogens is 4. The Hall–Kier alpha value is -2.02. The summed E-state index contributed by atoms with van der Waals surface area (Å²) in [5, 5.41) is 17.4. The van der Waals surface area contributed by atoms with E-state index >= 15 is 0 Å². The van der Waals surface area contributed by atoms with Crippen LogP contribution in [0.2, 0.25) is 0 Å². The third-order valence-corrected chi connectivity index (χ3v) is 4.15. The molecule has 132 valence electrons. The van der Waals surface area contributed by atoms with Gasteiger partial charge in [0.25, 0.3) is 5.78 Å². The van der Waals surface area contributed by atoms with Gasteiger partial charge in [-0.2, -0.15) is 4.98 Å². The van der Waals surface area contributed by atoms with E-state index in [1.54, 1.807) is 4.52 Å². The largest absolute Gasteiger partial charge is 0.392 e. The molecular formula is C17H27N5O2. The van der Waals surface area contributed by atoms with Crippen LogP contribution in [0.3, 0.4) is 0 Å². The van der Waals surface area contributed by atoms with Crippen molar-refractivity contribution in [3.05, 3.63) is 23.3 Å². The summed E-state index contributed by atoms with van der Waals surface area (Å²) in [6.07, 6.45) is -0.392. The lowest BCUT2D eigenvalue weighted by Crippen LogP contribution is -2.44. The molecule has 7 heteroatoms. The predicted molar refractivity (Wildman–Crippen MR) is 91.6 cm³/mol. The van der Waals surface area contributed by atoms with E-state index < -0.39 is 11.5 Å². The molecule has 1 atom stereocenters. The normalized spacial score (nSPS) is 13.5. The molecule has 24 heavy (non-hydrogen) atoms. The van der Waals surface area contributed by atoms with Crippen LogP contribution in [-0.2, 0) is 11.2 Å². The fraction of sp³-hybridized carbons (Fsp3) is 0.647. The zero-order valence-electron chi connectivity index (χ0n) is 15.3. The molecule has 1 unspecified atom stereocenters. The van der Waals surface area contributed by atoms with Crippen LogP contribution in [-0.4, -0.2) is 43.2 Å². The summed E-state index contributed by atoms with van der Waals surface area (Å²) in [7, 11) is 0. The number of aliphatic hydroxyl groups is 1. The number of hydrogen-bond acceptors (Lipinski definition) is 5. The van der Waals surface area contributed by atoms with Gasteiger partial charge in [0.15, 0.2) is 5.82 Å². The zero-order valence-corrected chi connectivity index (χ0v) is 15.3. The molecule has 0 spiro atoms. The van der Waals surface area contributed by atoms with E-state index in [1.807, 2.05) is 47.6 Å². The quantitative estimate of drug-likeness (QED) is 0.834. The maximum absolute atomic E-state index is 12.2. The molecule has 2 aromatic heterocycles. The molecule has 0 saturated heterocycles. The van der Waals surface area contributed by atoms with Gasteiger partial charge in [-0.05, 0) is 25.8 Å². The first-order valence-corrected chi connectivity index (χ1v) is 8.25. The Morgan fingerprint density at radius 2 is 2.00 bits per heavy atom. The van der Waals surface area contributed by atoms with E-state index in [0.29, 0.717) is 18.1 Å². The molecule has 2 heterocycles. The zero-order chi connectivity index (χ0) is 18.1. The van der Waals surface area contributed by atoms with Gasteiger partial charge < -0.3 is 10.4 Å². The minimum absolute atomic E-state index is 0.0930. The Morgan fingerprint density at radius 1 is 1.33 bits per heavy atom. The second-order valence-electron chi connectivity index (χ2n) is 7.41. The van der Waals surface area contributed by atoms with Crippen LogP contribution in [0, 0.1) is 25.2 Å². The Bertz CT molecular complexity index is 736. The van der Waals surface area contributed by atoms with Gasteiger partial charge in [0.1, 0.15) is 0 Å². The number of rotatable bonds is 6. The fourth-order valence-electron chi connectivity index (χ4n) is 2.82. The van der Waals surface area contributed by atoms with E-state index in [1.165, 1.54) is 0 Å². The maximum atomic E-state index is 12.2. The van der Waals surface area contributed by atoms with Crippen molar-refractivity contribution in [1.29, 1.82) is 0 Å². The van der Waals surface area contributed by atoms with Crippen LogP contribution >= 0.6 is 0 Å². The molecule has 0 aromatic carbocycles. The van der Waals surface area contributed by atoms with E-state index in [2.05, 4.69) is 20.4 Å². The number of fused-ring (bicyclic) bond motifs is 1. The SMILES string of the molecule is Cc1cc(C)n2nc(CC(=O)NCC(C)(C)C(O)C(C)C)nc2n1. The highest BCUT2D eigenvalue weighted by molar-refractivity contribution is 5.77. The van der Waals surface area contributed by atoms with Crippen molar-refractivity contribution in [2.45, 2.75) is 54.1 Å². The summed E-state index contributed by atoms with van der Waals surface area (Å²) < 4.78 is 1.64. The van der Waals surface area contributed by atoms with E-state index in [9.17, 15) is 9.90 Å². The Morgan fingerprint density at radius 3 is 2.62 bits per heavy atom. The number of nitrogens with one attached hydrogen (secondary N) is 1. The van der Waals surface area contributed by atoms with Crippen molar-refractivity contribution in [2.75, 3.05) is 6.54 Å². The molecule has 0 saturated carbocycles. The lowest BCUT2D eigenvalue weighted by atomic mass is 9.80. The summed E-state index contributed by atoms with van der Waals surface area (Å²) in [5.41, 5.74) is 1.40. The first kappa shape index (κ1) is 18.3. The highest BCUT2D eigenvalue weighted by atomic mass is 16.3. The highest BCUT2D eigenvalue weighted by Gasteiger charge is 2.30. The monoisotopic (exact) mass is 333 g/mol. The molecule has 0 aliphatic carbocycles. The van der Waals surface area contributed by atoms with Crippen LogP contribution in [0.4, 0.5) is 0 Å². The molecular weight excluding hydrogens is 306 g/mol. The van der Waals surface area contributed by atoms with Gasteiger partial charge in [-0.1, -0.05) is 27.7 Å². The van der Waals surface area contributed by atoms with Crippen molar-refractivity contribution in [3.8, 4) is 0 Å². The Labute approximate surface area is 142 Å². The van der Waals surface area contributed by atoms with Crippen LogP contribution in [0.15, 0.2) is 6.07 Å². The van der Waals surface area contributed by atoms with Crippen LogP contribution in [0.1, 0.15) is 44.9 Å². The van der Waals surface area contributed by atoms with Crippen molar-refractivity contribution in [3.63, 3.8) is 0 Å². The summed E-state index contributed by atoms with van der Waals surface area (Å²) in [6.45, 7) is 12.0. The average Bonchev–Trinajstić information content (AvgIpc) is 2.87. The summed E-state index contributed by atoms with van der Waals surface area (Å²) in [4.78, 5) is 20.8. The Kier molecular flexibility index (Phi) is 5.22. The van der Waals surface area contributed by atoms with Crippen molar-refractivity contribution < 1.29 is 9.90 Å². The number of carbonyl (C=O) groups is 1. The van der Waals surface area contributed by atoms with Crippen molar-refractivity contribution >= 4 is 11.7 Å². The summed E-state index contributed by atoms with van der Waals surface area (Å²) in [6, 6.07) is 1.92. The van der Waals surface area contributed by atoms with Gasteiger partial charge in [0, 0.05) is 23.3 Å². The number of aryl methyl sites for hydroxylation is 2. The second-order valence-corrected chi connectivity index (χ2v) is 7.41. The number of nitrogens with zero attached hydrogens (tertiary/aromatic N) is 4. The van der Waals surface area contributed by atoms with Crippen molar-refractivity contribution in [1.82, 2.24) is 24.9 Å². The smallest absolute Gasteiger partial charge is 0.252 e. The third-order valence-electron chi connectivity index (χ3n) is 4.15. The number of carbonyl (C=O) groups excluding carboxylic acids is 1. The summed E-state index contributed by atoms with van der Waals surface area (Å²) >= 11 is 0. The molecule has 0 fully saturated rings. The lowest BCUT2D eigenvalue weighted by molar-refractivity contribution is -0.121. The van der Waals surface area contributed by atoms with Gasteiger partial charge in [-0.3, -0.25) is 4.79 Å². The van der Waals surface area contributed by atoms with Gasteiger partial charge in [0.2, 0.25) is 5.91 Å². The first-order chi connectivity index (χ1) is 11.1. The van der Waals surface area contributed by atoms with Crippen LogP contribution in [0.5, 0.6) is 0 Å². The number of amides is 1. The van der Waals surface area contributed by atoms with Crippen LogP contribution < -0.4 is 5.32 Å². The fourth-order valence-corrected chi connectivity index (χ4v) is 2.82. The first-order valence-electron chi connectivity index (χ1n) is 8.25. The van der Waals surface area contributed by atoms with Gasteiger partial charge in [-0.25, -0.2) is 9.50 Å². The standard InChI is InChI=1S/C17H27N5O2/c1-10(2)15(24)17(5,6)9-18-14(23)8-13-20-16-19-11(3)7-12(4)22(16)21-13/h7,10,15,24H,8-9H2,1-6H3,(H,18,23). The molecule has 2 N–H and O–H groups in total. The molecule has 2 aromatic rings. The molecule has 0 radical (unpaired) electrons. The second kappa shape index (κ2) is 6.84. The molecule has 7 nitrogen and oxygen atoms in total. The molecule has 0 aliphatic heterocycles. The highest BCUT2D eigenvalue weighted by Crippen LogP contribution is 2.25. The van der Waals surface area contributed by atoms with Crippen molar-refractivity contribution in [2.24, 2.45) is 11.3 Å². The average molecular weight is 333 g/mol. The summed E-state index contributed by atoms with van der Waals surface area (Å²) in [5.74, 6) is 0.917. The Balaban J connectivity index is 2.01. The number of hydrogen-bond donors (Lipinski definition) is 2.